The highest BCUT2D eigenvalue weighted by Crippen LogP contribution is 2.52. The number of amides is 12. The van der Waals surface area contributed by atoms with Crippen molar-refractivity contribution in [2.75, 3.05) is 34.3 Å². The number of barbiturate groups is 3. The summed E-state index contributed by atoms with van der Waals surface area (Å²) in [7, 11) is 0. The number of urea groups is 3. The molecule has 28 nitrogen and oxygen atoms in total. The molecule has 0 bridgehead atoms. The molecule has 3 spiro atoms. The maximum atomic E-state index is 15.5. The Kier molecular flexibility index (Phi) is 16.4. The minimum atomic E-state index is -4.87. The van der Waals surface area contributed by atoms with E-state index in [1.165, 1.54) is 4.90 Å². The number of halogens is 8. The van der Waals surface area contributed by atoms with Crippen LogP contribution in [0.3, 0.4) is 0 Å². The number of aromatic nitrogens is 7. The molecular formula is C63H58F8N16O12. The van der Waals surface area contributed by atoms with E-state index in [0.29, 0.717) is 40.9 Å². The first-order valence-electron chi connectivity index (χ1n) is 31.0. The molecular weight excluding hydrogens is 1320 g/mol. The summed E-state index contributed by atoms with van der Waals surface area (Å²) in [6.45, 7) is 11.5. The van der Waals surface area contributed by atoms with Crippen LogP contribution in [0, 0.1) is 27.9 Å². The average Bonchev–Trinajstić information content (AvgIpc) is 0.851. The predicted octanol–water partition coefficient (Wildman–Crippen LogP) is 4.54. The molecule has 6 saturated heterocycles. The lowest BCUT2D eigenvalue weighted by Crippen LogP contribution is -2.75. The van der Waals surface area contributed by atoms with Crippen LogP contribution < -0.4 is 46.6 Å². The Bertz CT molecular complexity index is 4370. The van der Waals surface area contributed by atoms with Crippen molar-refractivity contribution in [1.82, 2.24) is 66.8 Å². The van der Waals surface area contributed by atoms with Crippen molar-refractivity contribution in [1.29, 1.82) is 0 Å². The van der Waals surface area contributed by atoms with E-state index in [0.717, 1.165) is 40.8 Å². The van der Waals surface area contributed by atoms with Gasteiger partial charge in [0.1, 0.15) is 11.4 Å². The molecule has 12 amide bonds. The first kappa shape index (κ1) is 67.1. The highest BCUT2D eigenvalue weighted by atomic mass is 19.4. The zero-order valence-electron chi connectivity index (χ0n) is 52.8. The first-order valence-corrected chi connectivity index (χ1v) is 31.0. The number of nitrogens with zero attached hydrogens (tertiary/aromatic N) is 10. The van der Waals surface area contributed by atoms with E-state index in [-0.39, 0.29) is 54.8 Å². The van der Waals surface area contributed by atoms with E-state index < -0.39 is 154 Å². The zero-order chi connectivity index (χ0) is 70.9. The molecule has 0 saturated carbocycles. The number of rotatable bonds is 3. The summed E-state index contributed by atoms with van der Waals surface area (Å²) in [5.74, 6) is -7.04. The molecule has 0 radical (unpaired) electrons. The fourth-order valence-electron chi connectivity index (χ4n) is 15.5. The molecule has 0 aliphatic carbocycles. The lowest BCUT2D eigenvalue weighted by Gasteiger charge is -2.55. The molecule has 15 rings (SSSR count). The largest absolute Gasteiger partial charge is 0.436 e. The van der Waals surface area contributed by atoms with Crippen LogP contribution in [0.2, 0.25) is 0 Å². The Hall–Kier alpha value is -10.5. The molecule has 99 heavy (non-hydrogen) atoms. The van der Waals surface area contributed by atoms with Crippen molar-refractivity contribution in [3.05, 3.63) is 119 Å². The number of benzene rings is 3. The topological polar surface area (TPSA) is 345 Å². The molecule has 9 atom stereocenters. The van der Waals surface area contributed by atoms with Gasteiger partial charge in [-0.25, -0.2) is 47.8 Å². The number of carbonyl (C=O) groups is 9. The van der Waals surface area contributed by atoms with Crippen molar-refractivity contribution >= 4 is 70.6 Å². The molecule has 3 aromatic carbocycles. The fourth-order valence-corrected chi connectivity index (χ4v) is 15.5. The standard InChI is InChI=1S/C22H20F3N5O4.C21H21N5O4.C20H17F5N6O4/c1-10-9-30-14-4-3-12(17-26-6-5-15(27-17)22(23,24)25)7-13(14)8-21(16(30)11(2)34-10)18(31)28-20(33)29-19(21)32;1-11-10-26-15-5-4-13(17-22-6-3-7-23-17)8-14(15)9-21(16(26)12(2)30-11)18(27)24-20(29)25-19(21)28;1-7-5-30-14-9(3-10(12(21)13(14)22)31-6-11(28-29-31)20(23,24)25)4-19(15(30)8(2)35-7)16(32)26-18(34)27-17(19)33/h3-7,10-11,16H,8-9H2,1-2H3,(H2,28,29,31,32,33);3-8,11-12,16H,9-10H2,1-2H3,(H2,24,25,27,28,29);3,6-8,15H,4-5H2,1-2H3,(H2,26,27,32,33,34)/t10-,11+,16-;11-,12+,16-;7-,8+,15-/m111/s1. The van der Waals surface area contributed by atoms with Crippen LogP contribution in [-0.4, -0.2) is 163 Å². The summed E-state index contributed by atoms with van der Waals surface area (Å²) in [5, 5.41) is 19.3. The van der Waals surface area contributed by atoms with Crippen LogP contribution in [0.15, 0.2) is 79.4 Å². The van der Waals surface area contributed by atoms with Gasteiger partial charge in [0.25, 0.3) is 0 Å². The van der Waals surface area contributed by atoms with Gasteiger partial charge >= 0.3 is 30.4 Å². The number of imide groups is 6. The quantitative estimate of drug-likeness (QED) is 0.105. The van der Waals surface area contributed by atoms with Crippen molar-refractivity contribution in [3.63, 3.8) is 0 Å². The van der Waals surface area contributed by atoms with Gasteiger partial charge in [-0.1, -0.05) is 5.21 Å². The van der Waals surface area contributed by atoms with Crippen LogP contribution in [-0.2, 0) is 74.6 Å². The second-order valence-corrected chi connectivity index (χ2v) is 25.5. The molecule has 0 unspecified atom stereocenters. The monoisotopic (exact) mass is 1380 g/mol. The first-order chi connectivity index (χ1) is 46.7. The van der Waals surface area contributed by atoms with Crippen LogP contribution in [0.25, 0.3) is 28.5 Å². The Morgan fingerprint density at radius 1 is 0.465 bits per heavy atom. The molecule has 9 aliphatic heterocycles. The summed E-state index contributed by atoms with van der Waals surface area (Å²) in [5.41, 5.74) is -4.45. The van der Waals surface area contributed by atoms with Gasteiger partial charge < -0.3 is 28.9 Å². The van der Waals surface area contributed by atoms with E-state index in [4.69, 9.17) is 14.2 Å². The summed E-state index contributed by atoms with van der Waals surface area (Å²) >= 11 is 0. The number of ether oxygens (including phenoxy) is 3. The zero-order valence-corrected chi connectivity index (χ0v) is 52.8. The Labute approximate surface area is 554 Å². The van der Waals surface area contributed by atoms with Gasteiger partial charge in [-0.2, -0.15) is 26.3 Å². The number of morpholine rings is 3. The van der Waals surface area contributed by atoms with Crippen molar-refractivity contribution in [2.45, 2.75) is 128 Å². The van der Waals surface area contributed by atoms with Gasteiger partial charge in [0.15, 0.2) is 45.2 Å². The van der Waals surface area contributed by atoms with Gasteiger partial charge in [0.05, 0.1) is 66.6 Å². The van der Waals surface area contributed by atoms with E-state index in [1.54, 1.807) is 57.4 Å². The molecule has 6 N–H and O–H groups in total. The molecule has 36 heteroatoms. The van der Waals surface area contributed by atoms with Crippen LogP contribution in [0.1, 0.15) is 69.6 Å². The molecule has 3 aromatic heterocycles. The third kappa shape index (κ3) is 11.2. The Morgan fingerprint density at radius 2 is 0.859 bits per heavy atom. The fraction of sp³-hybridized carbons (Fsp3) is 0.413. The highest BCUT2D eigenvalue weighted by Gasteiger charge is 2.66. The average molecular weight is 1380 g/mol. The van der Waals surface area contributed by atoms with Crippen molar-refractivity contribution in [3.8, 4) is 28.5 Å². The summed E-state index contributed by atoms with van der Waals surface area (Å²) in [4.78, 5) is 136. The minimum absolute atomic E-state index is 0.0322. The van der Waals surface area contributed by atoms with Gasteiger partial charge in [-0.3, -0.25) is 60.7 Å². The number of fused-ring (bicyclic) bond motifs is 12. The number of alkyl halides is 6. The predicted molar refractivity (Wildman–Crippen MR) is 323 cm³/mol. The molecule has 518 valence electrons. The van der Waals surface area contributed by atoms with Gasteiger partial charge in [-0.05, 0) is 126 Å². The van der Waals surface area contributed by atoms with Crippen LogP contribution >= 0.6 is 0 Å². The van der Waals surface area contributed by atoms with Gasteiger partial charge in [0, 0.05) is 67.1 Å². The van der Waals surface area contributed by atoms with E-state index in [1.807, 2.05) is 54.5 Å². The van der Waals surface area contributed by atoms with E-state index in [9.17, 15) is 69.5 Å². The van der Waals surface area contributed by atoms with Gasteiger partial charge in [0.2, 0.25) is 35.4 Å². The number of carbonyl (C=O) groups excluding carboxylic acids is 9. The van der Waals surface area contributed by atoms with E-state index in [2.05, 4.69) is 56.4 Å². The lowest BCUT2D eigenvalue weighted by atomic mass is 9.66. The summed E-state index contributed by atoms with van der Waals surface area (Å²) in [6, 6.07) is 9.24. The Balaban J connectivity index is 0.000000134. The maximum Gasteiger partial charge on any atom is 0.436 e. The smallest absolute Gasteiger partial charge is 0.372 e. The second kappa shape index (κ2) is 24.2. The van der Waals surface area contributed by atoms with Crippen molar-refractivity contribution < 1.29 is 92.5 Å². The normalized spacial score (nSPS) is 26.3. The van der Waals surface area contributed by atoms with Crippen molar-refractivity contribution in [2.24, 2.45) is 16.2 Å². The summed E-state index contributed by atoms with van der Waals surface area (Å²) < 4.78 is 127. The van der Waals surface area contributed by atoms with Crippen LogP contribution in [0.5, 0.6) is 0 Å². The minimum Gasteiger partial charge on any atom is -0.372 e. The third-order valence-corrected chi connectivity index (χ3v) is 19.1. The second-order valence-electron chi connectivity index (χ2n) is 25.5. The van der Waals surface area contributed by atoms with Gasteiger partial charge in [-0.15, -0.1) is 5.10 Å². The SMILES string of the molecule is C[C@@H]1CN2c3c(cc(-n4cc(C(F)(F)F)nn4)c(F)c3F)CC3(C(=O)NC(=O)NC3=O)[C@H]2[C@H](C)O1.C[C@@H]1CN2c3ccc(-c4nccc(C(F)(F)F)n4)cc3CC3(C(=O)NC(=O)NC3=O)[C@H]2[C@H](C)O1.C[C@@H]1CN2c3ccc(-c4ncccn4)cc3CC3(C(=O)NC(=O)NC3=O)[C@H]2[C@H](C)O1. The number of hydrogen-bond donors (Lipinski definition) is 6. The number of nitrogens with one attached hydrogen (secondary N) is 6. The molecule has 6 fully saturated rings. The van der Waals surface area contributed by atoms with Crippen LogP contribution in [0.4, 0.5) is 66.6 Å². The summed E-state index contributed by atoms with van der Waals surface area (Å²) in [6.07, 6.45) is -7.68. The molecule has 9 aliphatic rings. The number of hydrogen-bond acceptors (Lipinski definition) is 21. The van der Waals surface area contributed by atoms with E-state index >= 15 is 8.78 Å². The molecule has 12 heterocycles. The Morgan fingerprint density at radius 3 is 1.28 bits per heavy atom. The molecule has 6 aromatic rings. The third-order valence-electron chi connectivity index (χ3n) is 19.1. The number of anilines is 3. The lowest BCUT2D eigenvalue weighted by molar-refractivity contribution is -0.154. The maximum absolute atomic E-state index is 15.5. The highest BCUT2D eigenvalue weighted by molar-refractivity contribution is 6.22.